The van der Waals surface area contributed by atoms with E-state index < -0.39 is 0 Å². The van der Waals surface area contributed by atoms with E-state index in [1.807, 2.05) is 18.7 Å². The Labute approximate surface area is 109 Å². The van der Waals surface area contributed by atoms with Crippen molar-refractivity contribution >= 4 is 11.6 Å². The quantitative estimate of drug-likeness (QED) is 0.901. The second-order valence-corrected chi connectivity index (χ2v) is 6.41. The van der Waals surface area contributed by atoms with Gasteiger partial charge in [0.05, 0.1) is 16.4 Å². The summed E-state index contributed by atoms with van der Waals surface area (Å²) in [4.78, 5) is 0. The topological polar surface area (TPSA) is 43.8 Å². The largest absolute Gasteiger partial charge is 0.327 e. The molecule has 0 spiro atoms. The molecule has 0 amide bonds. The molecule has 0 fully saturated rings. The molecule has 4 heteroatoms. The highest BCUT2D eigenvalue weighted by Gasteiger charge is 2.17. The van der Waals surface area contributed by atoms with Crippen molar-refractivity contribution in [3.05, 3.63) is 16.4 Å². The molecule has 1 atom stereocenters. The van der Waals surface area contributed by atoms with Crippen molar-refractivity contribution in [2.45, 2.75) is 53.0 Å². The van der Waals surface area contributed by atoms with Crippen LogP contribution >= 0.6 is 11.6 Å². The van der Waals surface area contributed by atoms with Crippen LogP contribution in [0.1, 0.15) is 45.0 Å². The highest BCUT2D eigenvalue weighted by Crippen LogP contribution is 2.24. The summed E-state index contributed by atoms with van der Waals surface area (Å²) in [7, 11) is 1.92. The SMILES string of the molecule is Cc1nn(C)c(CC(N)CCC(C)(C)C)c1Cl. The minimum absolute atomic E-state index is 0.154. The Kier molecular flexibility index (Phi) is 4.62. The Balaban J connectivity index is 2.59. The van der Waals surface area contributed by atoms with Gasteiger partial charge < -0.3 is 5.73 Å². The lowest BCUT2D eigenvalue weighted by Crippen LogP contribution is -2.26. The summed E-state index contributed by atoms with van der Waals surface area (Å²) in [5.41, 5.74) is 8.43. The van der Waals surface area contributed by atoms with Crippen LogP contribution in [0.4, 0.5) is 0 Å². The monoisotopic (exact) mass is 257 g/mol. The number of nitrogens with two attached hydrogens (primary N) is 1. The molecule has 1 unspecified atom stereocenters. The predicted octanol–water partition coefficient (Wildman–Crippen LogP) is 3.08. The summed E-state index contributed by atoms with van der Waals surface area (Å²) in [6.45, 7) is 8.63. The first-order chi connectivity index (χ1) is 7.70. The molecule has 0 aliphatic carbocycles. The average Bonchev–Trinajstić information content (AvgIpc) is 2.41. The summed E-state index contributed by atoms with van der Waals surface area (Å²) in [6, 6.07) is 0.154. The molecule has 0 bridgehead atoms. The van der Waals surface area contributed by atoms with Crippen molar-refractivity contribution < 1.29 is 0 Å². The van der Waals surface area contributed by atoms with Gasteiger partial charge in [-0.15, -0.1) is 0 Å². The minimum atomic E-state index is 0.154. The lowest BCUT2D eigenvalue weighted by atomic mass is 9.88. The number of hydrogen-bond donors (Lipinski definition) is 1. The van der Waals surface area contributed by atoms with Crippen LogP contribution in [0, 0.1) is 12.3 Å². The zero-order valence-electron chi connectivity index (χ0n) is 11.5. The van der Waals surface area contributed by atoms with Crippen molar-refractivity contribution in [1.82, 2.24) is 9.78 Å². The third-order valence-corrected chi connectivity index (χ3v) is 3.47. The van der Waals surface area contributed by atoms with Crippen molar-refractivity contribution in [3.8, 4) is 0 Å². The third kappa shape index (κ3) is 4.32. The average molecular weight is 258 g/mol. The zero-order chi connectivity index (χ0) is 13.2. The number of halogens is 1. The molecule has 2 N–H and O–H groups in total. The van der Waals surface area contributed by atoms with E-state index in [1.54, 1.807) is 0 Å². The van der Waals surface area contributed by atoms with Gasteiger partial charge in [0.1, 0.15) is 0 Å². The molecule has 1 heterocycles. The molecule has 17 heavy (non-hydrogen) atoms. The van der Waals surface area contributed by atoms with E-state index in [1.165, 1.54) is 0 Å². The lowest BCUT2D eigenvalue weighted by Gasteiger charge is -2.21. The van der Waals surface area contributed by atoms with Gasteiger partial charge in [-0.3, -0.25) is 4.68 Å². The molecule has 0 saturated heterocycles. The maximum absolute atomic E-state index is 6.21. The maximum atomic E-state index is 6.21. The van der Waals surface area contributed by atoms with Crippen LogP contribution in [0.15, 0.2) is 0 Å². The van der Waals surface area contributed by atoms with E-state index in [4.69, 9.17) is 17.3 Å². The summed E-state index contributed by atoms with van der Waals surface area (Å²) >= 11 is 6.21. The van der Waals surface area contributed by atoms with Crippen LogP contribution in [-0.2, 0) is 13.5 Å². The van der Waals surface area contributed by atoms with Gasteiger partial charge in [0, 0.05) is 19.5 Å². The Morgan fingerprint density at radius 2 is 2.00 bits per heavy atom. The van der Waals surface area contributed by atoms with E-state index >= 15 is 0 Å². The fourth-order valence-electron chi connectivity index (χ4n) is 1.87. The van der Waals surface area contributed by atoms with Gasteiger partial charge in [-0.25, -0.2) is 0 Å². The van der Waals surface area contributed by atoms with E-state index in [2.05, 4.69) is 25.9 Å². The third-order valence-electron chi connectivity index (χ3n) is 2.98. The molecule has 0 saturated carbocycles. The molecule has 98 valence electrons. The Bertz CT molecular complexity index is 377. The molecule has 1 rings (SSSR count). The maximum Gasteiger partial charge on any atom is 0.0847 e. The standard InChI is InChI=1S/C13H24ClN3/c1-9-12(14)11(17(5)16-9)8-10(15)6-7-13(2,3)4/h10H,6-8,15H2,1-5H3. The minimum Gasteiger partial charge on any atom is -0.327 e. The second-order valence-electron chi connectivity index (χ2n) is 6.03. The highest BCUT2D eigenvalue weighted by molar-refractivity contribution is 6.31. The molecule has 1 aromatic rings. The first kappa shape index (κ1) is 14.5. The van der Waals surface area contributed by atoms with Crippen LogP contribution in [-0.4, -0.2) is 15.8 Å². The van der Waals surface area contributed by atoms with Crippen molar-refractivity contribution in [2.24, 2.45) is 18.2 Å². The zero-order valence-corrected chi connectivity index (χ0v) is 12.3. The van der Waals surface area contributed by atoms with E-state index in [0.29, 0.717) is 5.41 Å². The Hall–Kier alpha value is -0.540. The van der Waals surface area contributed by atoms with Crippen LogP contribution in [0.2, 0.25) is 5.02 Å². The molecule has 0 radical (unpaired) electrons. The molecular weight excluding hydrogens is 234 g/mol. The molecule has 3 nitrogen and oxygen atoms in total. The van der Waals surface area contributed by atoms with E-state index in [-0.39, 0.29) is 6.04 Å². The van der Waals surface area contributed by atoms with Gasteiger partial charge in [0.2, 0.25) is 0 Å². The van der Waals surface area contributed by atoms with Crippen molar-refractivity contribution in [1.29, 1.82) is 0 Å². The molecule has 1 aromatic heterocycles. The summed E-state index contributed by atoms with van der Waals surface area (Å²) < 4.78 is 1.84. The van der Waals surface area contributed by atoms with Crippen molar-refractivity contribution in [3.63, 3.8) is 0 Å². The van der Waals surface area contributed by atoms with Crippen LogP contribution in [0.25, 0.3) is 0 Å². The number of nitrogens with zero attached hydrogens (tertiary/aromatic N) is 2. The van der Waals surface area contributed by atoms with E-state index in [9.17, 15) is 0 Å². The predicted molar refractivity (Wildman–Crippen MR) is 73.3 cm³/mol. The van der Waals surface area contributed by atoms with Gasteiger partial charge in [-0.1, -0.05) is 32.4 Å². The molecule has 0 aliphatic heterocycles. The Morgan fingerprint density at radius 3 is 2.41 bits per heavy atom. The van der Waals surface area contributed by atoms with Gasteiger partial charge in [0.15, 0.2) is 0 Å². The number of aryl methyl sites for hydroxylation is 2. The smallest absolute Gasteiger partial charge is 0.0847 e. The lowest BCUT2D eigenvalue weighted by molar-refractivity contribution is 0.346. The summed E-state index contributed by atoms with van der Waals surface area (Å²) in [6.07, 6.45) is 2.94. The summed E-state index contributed by atoms with van der Waals surface area (Å²) in [5, 5.41) is 5.06. The number of aromatic nitrogens is 2. The van der Waals surface area contributed by atoms with Gasteiger partial charge in [0.25, 0.3) is 0 Å². The summed E-state index contributed by atoms with van der Waals surface area (Å²) in [5.74, 6) is 0. The first-order valence-corrected chi connectivity index (χ1v) is 6.52. The Morgan fingerprint density at radius 1 is 1.41 bits per heavy atom. The fraction of sp³-hybridized carbons (Fsp3) is 0.769. The van der Waals surface area contributed by atoms with Crippen molar-refractivity contribution in [2.75, 3.05) is 0 Å². The van der Waals surface area contributed by atoms with Crippen LogP contribution in [0.3, 0.4) is 0 Å². The molecule has 0 aliphatic rings. The normalized spacial score (nSPS) is 14.1. The number of rotatable bonds is 4. The van der Waals surface area contributed by atoms with Crippen LogP contribution < -0.4 is 5.73 Å². The number of hydrogen-bond acceptors (Lipinski definition) is 2. The molecular formula is C13H24ClN3. The fourth-order valence-corrected chi connectivity index (χ4v) is 2.11. The highest BCUT2D eigenvalue weighted by atomic mass is 35.5. The van der Waals surface area contributed by atoms with Gasteiger partial charge in [-0.2, -0.15) is 5.10 Å². The second kappa shape index (κ2) is 5.40. The first-order valence-electron chi connectivity index (χ1n) is 6.14. The van der Waals surface area contributed by atoms with E-state index in [0.717, 1.165) is 35.7 Å². The molecule has 0 aromatic carbocycles. The van der Waals surface area contributed by atoms with Crippen LogP contribution in [0.5, 0.6) is 0 Å². The van der Waals surface area contributed by atoms with Gasteiger partial charge in [-0.05, 0) is 25.2 Å². The van der Waals surface area contributed by atoms with Gasteiger partial charge >= 0.3 is 0 Å².